The molecule has 1 heterocycles. The SMILES string of the molecule is CCCNc1nc(Cl)nc(NC(CC)C2CCCCC2)n1. The van der Waals surface area contributed by atoms with E-state index < -0.39 is 0 Å². The van der Waals surface area contributed by atoms with Crippen molar-refractivity contribution < 1.29 is 0 Å². The van der Waals surface area contributed by atoms with Gasteiger partial charge in [0.25, 0.3) is 0 Å². The van der Waals surface area contributed by atoms with E-state index in [4.69, 9.17) is 11.6 Å². The van der Waals surface area contributed by atoms with E-state index in [0.717, 1.165) is 19.4 Å². The normalized spacial score (nSPS) is 17.5. The van der Waals surface area contributed by atoms with Crippen LogP contribution in [0.3, 0.4) is 0 Å². The number of hydrogen-bond acceptors (Lipinski definition) is 5. The lowest BCUT2D eigenvalue weighted by Crippen LogP contribution is -2.31. The molecule has 1 aliphatic rings. The van der Waals surface area contributed by atoms with E-state index in [1.54, 1.807) is 0 Å². The molecule has 2 rings (SSSR count). The Balaban J connectivity index is 2.03. The Bertz CT molecular complexity index is 434. The summed E-state index contributed by atoms with van der Waals surface area (Å²) in [6.07, 6.45) is 8.73. The molecule has 0 spiro atoms. The molecule has 0 aliphatic heterocycles. The second kappa shape index (κ2) is 8.37. The number of hydrogen-bond donors (Lipinski definition) is 2. The molecule has 1 aromatic rings. The number of nitrogens with zero attached hydrogens (tertiary/aromatic N) is 3. The van der Waals surface area contributed by atoms with Crippen LogP contribution in [0.5, 0.6) is 0 Å². The van der Waals surface area contributed by atoms with Gasteiger partial charge in [0.1, 0.15) is 0 Å². The molecule has 1 aliphatic carbocycles. The van der Waals surface area contributed by atoms with Crippen molar-refractivity contribution in [1.82, 2.24) is 15.0 Å². The van der Waals surface area contributed by atoms with E-state index in [0.29, 0.717) is 23.9 Å². The highest BCUT2D eigenvalue weighted by Crippen LogP contribution is 2.29. The van der Waals surface area contributed by atoms with Crippen molar-refractivity contribution in [3.63, 3.8) is 0 Å². The number of anilines is 2. The van der Waals surface area contributed by atoms with E-state index in [2.05, 4.69) is 39.4 Å². The molecule has 5 nitrogen and oxygen atoms in total. The second-order valence-electron chi connectivity index (χ2n) is 5.74. The average molecular weight is 312 g/mol. The van der Waals surface area contributed by atoms with Crippen LogP contribution in [0.2, 0.25) is 5.28 Å². The summed E-state index contributed by atoms with van der Waals surface area (Å²) in [5.74, 6) is 1.86. The first-order chi connectivity index (χ1) is 10.2. The van der Waals surface area contributed by atoms with Gasteiger partial charge in [0, 0.05) is 12.6 Å². The van der Waals surface area contributed by atoms with E-state index in [-0.39, 0.29) is 5.28 Å². The highest BCUT2D eigenvalue weighted by molar-refractivity contribution is 6.28. The lowest BCUT2D eigenvalue weighted by Gasteiger charge is -2.30. The smallest absolute Gasteiger partial charge is 0.229 e. The Labute approximate surface area is 132 Å². The van der Waals surface area contributed by atoms with Crippen LogP contribution < -0.4 is 10.6 Å². The Morgan fingerprint density at radius 1 is 1.10 bits per heavy atom. The van der Waals surface area contributed by atoms with Gasteiger partial charge in [0.15, 0.2) is 0 Å². The van der Waals surface area contributed by atoms with E-state index in [9.17, 15) is 0 Å². The van der Waals surface area contributed by atoms with Crippen LogP contribution in [0.1, 0.15) is 58.8 Å². The fourth-order valence-electron chi connectivity index (χ4n) is 2.99. The van der Waals surface area contributed by atoms with Crippen molar-refractivity contribution in [3.05, 3.63) is 5.28 Å². The molecule has 118 valence electrons. The number of aromatic nitrogens is 3. The molecule has 1 atom stereocenters. The zero-order valence-corrected chi connectivity index (χ0v) is 13.8. The molecule has 6 heteroatoms. The first kappa shape index (κ1) is 16.3. The molecule has 0 amide bonds. The maximum Gasteiger partial charge on any atom is 0.229 e. The van der Waals surface area contributed by atoms with Crippen molar-refractivity contribution in [2.24, 2.45) is 5.92 Å². The van der Waals surface area contributed by atoms with E-state index >= 15 is 0 Å². The summed E-state index contributed by atoms with van der Waals surface area (Å²) >= 11 is 6.00. The zero-order valence-electron chi connectivity index (χ0n) is 13.0. The number of halogens is 1. The van der Waals surface area contributed by atoms with Crippen molar-refractivity contribution in [2.45, 2.75) is 64.8 Å². The molecule has 1 unspecified atom stereocenters. The largest absolute Gasteiger partial charge is 0.354 e. The van der Waals surface area contributed by atoms with Crippen LogP contribution in [-0.4, -0.2) is 27.5 Å². The van der Waals surface area contributed by atoms with E-state index in [1.807, 2.05) is 0 Å². The predicted molar refractivity (Wildman–Crippen MR) is 87.9 cm³/mol. The summed E-state index contributed by atoms with van der Waals surface area (Å²) in [4.78, 5) is 12.8. The summed E-state index contributed by atoms with van der Waals surface area (Å²) < 4.78 is 0. The summed E-state index contributed by atoms with van der Waals surface area (Å²) in [6.45, 7) is 5.15. The molecule has 1 saturated carbocycles. The van der Waals surface area contributed by atoms with Gasteiger partial charge in [-0.25, -0.2) is 0 Å². The van der Waals surface area contributed by atoms with Crippen LogP contribution in [0.4, 0.5) is 11.9 Å². The summed E-state index contributed by atoms with van der Waals surface area (Å²) in [5, 5.41) is 6.87. The van der Waals surface area contributed by atoms with Gasteiger partial charge >= 0.3 is 0 Å². The first-order valence-electron chi connectivity index (χ1n) is 8.15. The molecular weight excluding hydrogens is 286 g/mol. The zero-order chi connectivity index (χ0) is 15.1. The highest BCUT2D eigenvalue weighted by Gasteiger charge is 2.23. The molecule has 21 heavy (non-hydrogen) atoms. The molecule has 0 bridgehead atoms. The van der Waals surface area contributed by atoms with Crippen molar-refractivity contribution in [2.75, 3.05) is 17.2 Å². The Morgan fingerprint density at radius 3 is 2.48 bits per heavy atom. The summed E-state index contributed by atoms with van der Waals surface area (Å²) in [5.41, 5.74) is 0. The minimum absolute atomic E-state index is 0.240. The van der Waals surface area contributed by atoms with Crippen molar-refractivity contribution in [3.8, 4) is 0 Å². The van der Waals surface area contributed by atoms with Gasteiger partial charge < -0.3 is 10.6 Å². The van der Waals surface area contributed by atoms with Crippen LogP contribution in [-0.2, 0) is 0 Å². The molecule has 1 fully saturated rings. The molecule has 1 aromatic heterocycles. The minimum Gasteiger partial charge on any atom is -0.354 e. The van der Waals surface area contributed by atoms with Gasteiger partial charge in [-0.3, -0.25) is 0 Å². The van der Waals surface area contributed by atoms with Gasteiger partial charge in [-0.1, -0.05) is 33.1 Å². The Morgan fingerprint density at radius 2 is 1.81 bits per heavy atom. The Kier molecular flexibility index (Phi) is 6.49. The lowest BCUT2D eigenvalue weighted by atomic mass is 9.83. The van der Waals surface area contributed by atoms with Gasteiger partial charge in [-0.2, -0.15) is 15.0 Å². The Hall–Kier alpha value is -1.10. The van der Waals surface area contributed by atoms with Crippen molar-refractivity contribution >= 4 is 23.5 Å². The number of nitrogens with one attached hydrogen (secondary N) is 2. The maximum absolute atomic E-state index is 6.00. The third kappa shape index (κ3) is 4.99. The average Bonchev–Trinajstić information content (AvgIpc) is 2.51. The van der Waals surface area contributed by atoms with Crippen LogP contribution in [0, 0.1) is 5.92 Å². The lowest BCUT2D eigenvalue weighted by molar-refractivity contribution is 0.312. The third-order valence-corrected chi connectivity index (χ3v) is 4.28. The first-order valence-corrected chi connectivity index (χ1v) is 8.52. The van der Waals surface area contributed by atoms with Gasteiger partial charge in [-0.05, 0) is 43.2 Å². The second-order valence-corrected chi connectivity index (χ2v) is 6.07. The molecule has 0 aromatic carbocycles. The van der Waals surface area contributed by atoms with Gasteiger partial charge in [0.2, 0.25) is 17.2 Å². The fourth-order valence-corrected chi connectivity index (χ4v) is 3.15. The quantitative estimate of drug-likeness (QED) is 0.793. The van der Waals surface area contributed by atoms with Crippen LogP contribution in [0.25, 0.3) is 0 Å². The molecular formula is C15H26ClN5. The number of rotatable bonds is 7. The van der Waals surface area contributed by atoms with Crippen molar-refractivity contribution in [1.29, 1.82) is 0 Å². The molecule has 0 saturated heterocycles. The standard InChI is InChI=1S/C15H26ClN5/c1-3-10-17-14-19-13(16)20-15(21-14)18-12(4-2)11-8-6-5-7-9-11/h11-12H,3-10H2,1-2H3,(H2,17,18,19,20,21). The predicted octanol–water partition coefficient (Wildman–Crippen LogP) is 4.12. The maximum atomic E-state index is 6.00. The molecule has 2 N–H and O–H groups in total. The van der Waals surface area contributed by atoms with E-state index in [1.165, 1.54) is 32.1 Å². The van der Waals surface area contributed by atoms with Crippen LogP contribution in [0.15, 0.2) is 0 Å². The van der Waals surface area contributed by atoms with Gasteiger partial charge in [0.05, 0.1) is 0 Å². The highest BCUT2D eigenvalue weighted by atomic mass is 35.5. The minimum atomic E-state index is 0.240. The fraction of sp³-hybridized carbons (Fsp3) is 0.800. The monoisotopic (exact) mass is 311 g/mol. The van der Waals surface area contributed by atoms with Crippen LogP contribution >= 0.6 is 11.6 Å². The molecule has 0 radical (unpaired) electrons. The van der Waals surface area contributed by atoms with Gasteiger partial charge in [-0.15, -0.1) is 0 Å². The third-order valence-electron chi connectivity index (χ3n) is 4.11. The topological polar surface area (TPSA) is 62.7 Å². The summed E-state index contributed by atoms with van der Waals surface area (Å²) in [6, 6.07) is 0.419. The summed E-state index contributed by atoms with van der Waals surface area (Å²) in [7, 11) is 0.